The van der Waals surface area contributed by atoms with E-state index in [9.17, 15) is 0 Å². The third-order valence-electron chi connectivity index (χ3n) is 3.34. The Morgan fingerprint density at radius 1 is 1.00 bits per heavy atom. The Morgan fingerprint density at radius 2 is 1.86 bits per heavy atom. The molecule has 2 aromatic carbocycles. The van der Waals surface area contributed by atoms with E-state index < -0.39 is 0 Å². The molecule has 0 amide bonds. The summed E-state index contributed by atoms with van der Waals surface area (Å²) in [7, 11) is 0. The smallest absolute Gasteiger partial charge is 0.295 e. The quantitative estimate of drug-likeness (QED) is 0.799. The lowest BCUT2D eigenvalue weighted by molar-refractivity contribution is 0.171. The van der Waals surface area contributed by atoms with E-state index in [2.05, 4.69) is 10.3 Å². The van der Waals surface area contributed by atoms with Gasteiger partial charge in [0.05, 0.1) is 0 Å². The summed E-state index contributed by atoms with van der Waals surface area (Å²) in [5, 5.41) is 3.18. The number of hydrogen-bond acceptors (Lipinski definition) is 5. The summed E-state index contributed by atoms with van der Waals surface area (Å²) in [6.07, 6.45) is 0. The fourth-order valence-electron chi connectivity index (χ4n) is 2.32. The fourth-order valence-corrected chi connectivity index (χ4v) is 2.32. The number of benzene rings is 2. The van der Waals surface area contributed by atoms with Crippen LogP contribution >= 0.6 is 0 Å². The summed E-state index contributed by atoms with van der Waals surface area (Å²) < 4.78 is 16.7. The second-order valence-electron chi connectivity index (χ2n) is 4.82. The van der Waals surface area contributed by atoms with Gasteiger partial charge in [0.25, 0.3) is 6.01 Å². The minimum absolute atomic E-state index is 0.520. The summed E-state index contributed by atoms with van der Waals surface area (Å²) in [6.45, 7) is 1.81. The van der Waals surface area contributed by atoms with Crippen molar-refractivity contribution in [3.05, 3.63) is 48.0 Å². The van der Waals surface area contributed by atoms with Crippen LogP contribution in [0.5, 0.6) is 11.5 Å². The molecule has 3 aromatic rings. The van der Waals surface area contributed by atoms with Crippen molar-refractivity contribution in [2.75, 3.05) is 18.5 Å². The van der Waals surface area contributed by atoms with Gasteiger partial charge in [0, 0.05) is 6.54 Å². The maximum absolute atomic E-state index is 5.62. The van der Waals surface area contributed by atoms with Crippen molar-refractivity contribution in [3.63, 3.8) is 0 Å². The fraction of sp³-hybridized carbons (Fsp3) is 0.188. The van der Waals surface area contributed by atoms with Gasteiger partial charge in [-0.3, -0.25) is 0 Å². The van der Waals surface area contributed by atoms with Crippen molar-refractivity contribution < 1.29 is 13.9 Å². The van der Waals surface area contributed by atoms with E-state index in [4.69, 9.17) is 13.9 Å². The van der Waals surface area contributed by atoms with Crippen LogP contribution in [0.1, 0.15) is 5.56 Å². The second-order valence-corrected chi connectivity index (χ2v) is 4.82. The molecule has 5 heteroatoms. The van der Waals surface area contributed by atoms with Crippen LogP contribution in [-0.4, -0.2) is 18.2 Å². The van der Waals surface area contributed by atoms with E-state index in [0.717, 1.165) is 28.2 Å². The Kier molecular flexibility index (Phi) is 2.88. The number of hydrogen-bond donors (Lipinski definition) is 1. The number of ether oxygens (including phenoxy) is 2. The number of para-hydroxylation sites is 2. The summed E-state index contributed by atoms with van der Waals surface area (Å²) in [4.78, 5) is 4.38. The molecule has 0 atom stereocenters. The monoisotopic (exact) mass is 282 g/mol. The zero-order chi connectivity index (χ0) is 14.1. The maximum atomic E-state index is 5.62. The van der Waals surface area contributed by atoms with Crippen LogP contribution in [0.3, 0.4) is 0 Å². The highest BCUT2D eigenvalue weighted by molar-refractivity contribution is 5.74. The van der Waals surface area contributed by atoms with E-state index in [-0.39, 0.29) is 0 Å². The maximum Gasteiger partial charge on any atom is 0.295 e. The van der Waals surface area contributed by atoms with Gasteiger partial charge in [-0.1, -0.05) is 18.2 Å². The molecule has 1 aromatic heterocycles. The van der Waals surface area contributed by atoms with Crippen LogP contribution in [0.25, 0.3) is 11.1 Å². The standard InChI is InChI=1S/C16H14N2O3/c1-2-4-13-12(3-1)18-16(21-13)17-10-11-5-6-14-15(9-11)20-8-7-19-14/h1-6,9H,7-8,10H2,(H,17,18). The second kappa shape index (κ2) is 5.01. The molecule has 0 spiro atoms. The number of aromatic nitrogens is 1. The zero-order valence-electron chi connectivity index (χ0n) is 11.3. The van der Waals surface area contributed by atoms with Crippen molar-refractivity contribution in [1.29, 1.82) is 0 Å². The molecular formula is C16H14N2O3. The van der Waals surface area contributed by atoms with Crippen molar-refractivity contribution >= 4 is 17.1 Å². The molecule has 1 aliphatic heterocycles. The van der Waals surface area contributed by atoms with Gasteiger partial charge < -0.3 is 19.2 Å². The van der Waals surface area contributed by atoms with E-state index in [1.54, 1.807) is 0 Å². The van der Waals surface area contributed by atoms with Crippen molar-refractivity contribution in [1.82, 2.24) is 4.98 Å². The summed E-state index contributed by atoms with van der Waals surface area (Å²) in [6, 6.07) is 14.1. The first-order valence-electron chi connectivity index (χ1n) is 6.86. The SMILES string of the molecule is c1ccc2oc(NCc3ccc4c(c3)OCCO4)nc2c1. The molecule has 5 nitrogen and oxygen atoms in total. The molecule has 0 radical (unpaired) electrons. The van der Waals surface area contributed by atoms with E-state index >= 15 is 0 Å². The summed E-state index contributed by atoms with van der Waals surface area (Å²) in [5.74, 6) is 1.59. The highest BCUT2D eigenvalue weighted by Crippen LogP contribution is 2.31. The Bertz CT molecular complexity index is 749. The molecule has 4 rings (SSSR count). The van der Waals surface area contributed by atoms with Crippen LogP contribution in [0.15, 0.2) is 46.9 Å². The molecule has 0 bridgehead atoms. The molecule has 1 aliphatic rings. The van der Waals surface area contributed by atoms with Gasteiger partial charge in [0.2, 0.25) is 0 Å². The van der Waals surface area contributed by atoms with E-state index in [0.29, 0.717) is 25.8 Å². The molecule has 0 saturated heterocycles. The first kappa shape index (κ1) is 12.1. The molecule has 106 valence electrons. The first-order valence-corrected chi connectivity index (χ1v) is 6.86. The summed E-state index contributed by atoms with van der Waals surface area (Å²) >= 11 is 0. The number of nitrogens with one attached hydrogen (secondary N) is 1. The Morgan fingerprint density at radius 3 is 2.76 bits per heavy atom. The number of anilines is 1. The van der Waals surface area contributed by atoms with Crippen LogP contribution in [0.4, 0.5) is 6.01 Å². The van der Waals surface area contributed by atoms with Gasteiger partial charge in [-0.25, -0.2) is 0 Å². The van der Waals surface area contributed by atoms with Crippen molar-refractivity contribution in [2.45, 2.75) is 6.54 Å². The molecule has 21 heavy (non-hydrogen) atoms. The minimum atomic E-state index is 0.520. The van der Waals surface area contributed by atoms with Gasteiger partial charge in [0.15, 0.2) is 17.1 Å². The highest BCUT2D eigenvalue weighted by atomic mass is 16.6. The average Bonchev–Trinajstić information content (AvgIpc) is 2.95. The Hall–Kier alpha value is -2.69. The number of oxazole rings is 1. The number of fused-ring (bicyclic) bond motifs is 2. The normalized spacial score (nSPS) is 13.3. The van der Waals surface area contributed by atoms with Crippen molar-refractivity contribution in [2.24, 2.45) is 0 Å². The predicted octanol–water partition coefficient (Wildman–Crippen LogP) is 3.21. The first-order chi connectivity index (χ1) is 10.4. The molecule has 0 saturated carbocycles. The van der Waals surface area contributed by atoms with Gasteiger partial charge in [0.1, 0.15) is 18.7 Å². The lowest BCUT2D eigenvalue weighted by Gasteiger charge is -2.18. The molecule has 1 N–H and O–H groups in total. The third kappa shape index (κ3) is 2.38. The number of rotatable bonds is 3. The van der Waals surface area contributed by atoms with Crippen LogP contribution in [0, 0.1) is 0 Å². The predicted molar refractivity (Wildman–Crippen MR) is 78.8 cm³/mol. The minimum Gasteiger partial charge on any atom is -0.486 e. The van der Waals surface area contributed by atoms with Gasteiger partial charge in [-0.15, -0.1) is 0 Å². The van der Waals surface area contributed by atoms with Crippen LogP contribution in [0.2, 0.25) is 0 Å². The summed E-state index contributed by atoms with van der Waals surface area (Å²) in [5.41, 5.74) is 2.71. The molecular weight excluding hydrogens is 268 g/mol. The third-order valence-corrected chi connectivity index (χ3v) is 3.34. The molecule has 2 heterocycles. The number of nitrogens with zero attached hydrogens (tertiary/aromatic N) is 1. The van der Waals surface area contributed by atoms with E-state index in [1.165, 1.54) is 0 Å². The van der Waals surface area contributed by atoms with Gasteiger partial charge in [-0.2, -0.15) is 4.98 Å². The molecule has 0 aliphatic carbocycles. The molecule has 0 fully saturated rings. The Labute approximate surface area is 121 Å². The zero-order valence-corrected chi connectivity index (χ0v) is 11.3. The highest BCUT2D eigenvalue weighted by Gasteiger charge is 2.12. The largest absolute Gasteiger partial charge is 0.486 e. The topological polar surface area (TPSA) is 56.5 Å². The van der Waals surface area contributed by atoms with Gasteiger partial charge in [-0.05, 0) is 29.8 Å². The average molecular weight is 282 g/mol. The lowest BCUT2D eigenvalue weighted by atomic mass is 10.2. The lowest BCUT2D eigenvalue weighted by Crippen LogP contribution is -2.15. The van der Waals surface area contributed by atoms with Gasteiger partial charge >= 0.3 is 0 Å². The van der Waals surface area contributed by atoms with E-state index in [1.807, 2.05) is 42.5 Å². The Balaban J connectivity index is 1.51. The molecule has 0 unspecified atom stereocenters. The van der Waals surface area contributed by atoms with Crippen LogP contribution < -0.4 is 14.8 Å². The van der Waals surface area contributed by atoms with Crippen LogP contribution in [-0.2, 0) is 6.54 Å². The van der Waals surface area contributed by atoms with Crippen molar-refractivity contribution in [3.8, 4) is 11.5 Å².